The van der Waals surface area contributed by atoms with E-state index in [9.17, 15) is 18.8 Å². The smallest absolute Gasteiger partial charge is 0.303 e. The zero-order chi connectivity index (χ0) is 19.8. The molecular formula is C21H19FN2O4. The number of carbonyl (C=O) groups excluding carboxylic acids is 2. The highest BCUT2D eigenvalue weighted by atomic mass is 19.1. The van der Waals surface area contributed by atoms with Crippen molar-refractivity contribution in [2.75, 3.05) is 5.32 Å². The van der Waals surface area contributed by atoms with Gasteiger partial charge in [-0.3, -0.25) is 14.4 Å². The first-order valence-corrected chi connectivity index (χ1v) is 9.25. The molecule has 0 saturated carbocycles. The first-order valence-electron chi connectivity index (χ1n) is 9.25. The third-order valence-corrected chi connectivity index (χ3v) is 5.22. The number of aromatic nitrogens is 1. The maximum atomic E-state index is 13.7. The Bertz CT molecular complexity index is 1040. The minimum Gasteiger partial charge on any atom is -0.481 e. The standard InChI is InChI=1S/C21H19FN2O4/c22-11-5-7-15-13(9-11)14(21(28)24-15)10-17-12(6-8-19(26)27)20-16(23-17)3-1-2-4-18(20)25/h5,7,9-10,23H,1-4,6,8H2,(H,24,28)(H,26,27). The quantitative estimate of drug-likeness (QED) is 0.556. The van der Waals surface area contributed by atoms with Crippen LogP contribution in [0, 0.1) is 5.82 Å². The SMILES string of the molecule is O=C(O)CCc1c(C=C2C(=O)Nc3ccc(F)cc32)[nH]c2c1C(=O)CCCC2. The summed E-state index contributed by atoms with van der Waals surface area (Å²) in [4.78, 5) is 39.4. The predicted octanol–water partition coefficient (Wildman–Crippen LogP) is 3.57. The van der Waals surface area contributed by atoms with Crippen LogP contribution in [0.5, 0.6) is 0 Å². The second-order valence-corrected chi connectivity index (χ2v) is 7.10. The minimum atomic E-state index is -0.958. The Morgan fingerprint density at radius 1 is 1.21 bits per heavy atom. The van der Waals surface area contributed by atoms with Crippen LogP contribution in [0.1, 0.15) is 58.6 Å². The van der Waals surface area contributed by atoms with Crippen molar-refractivity contribution in [2.24, 2.45) is 0 Å². The molecule has 1 aliphatic heterocycles. The Hall–Kier alpha value is -3.22. The summed E-state index contributed by atoms with van der Waals surface area (Å²) < 4.78 is 13.7. The van der Waals surface area contributed by atoms with Crippen molar-refractivity contribution >= 4 is 35.0 Å². The molecule has 0 spiro atoms. The molecule has 6 nitrogen and oxygen atoms in total. The summed E-state index contributed by atoms with van der Waals surface area (Å²) in [6.07, 6.45) is 4.44. The van der Waals surface area contributed by atoms with E-state index in [4.69, 9.17) is 5.11 Å². The summed E-state index contributed by atoms with van der Waals surface area (Å²) in [5, 5.41) is 11.8. The van der Waals surface area contributed by atoms with Crippen molar-refractivity contribution in [3.8, 4) is 0 Å². The van der Waals surface area contributed by atoms with E-state index in [1.54, 1.807) is 6.08 Å². The average Bonchev–Trinajstić information content (AvgIpc) is 3.07. The normalized spacial score (nSPS) is 17.2. The zero-order valence-electron chi connectivity index (χ0n) is 15.1. The van der Waals surface area contributed by atoms with E-state index >= 15 is 0 Å². The van der Waals surface area contributed by atoms with Crippen LogP contribution in [0.15, 0.2) is 18.2 Å². The van der Waals surface area contributed by atoms with Crippen molar-refractivity contribution < 1.29 is 23.9 Å². The van der Waals surface area contributed by atoms with Crippen molar-refractivity contribution in [1.29, 1.82) is 0 Å². The molecule has 4 rings (SSSR count). The van der Waals surface area contributed by atoms with Gasteiger partial charge in [-0.2, -0.15) is 0 Å². The van der Waals surface area contributed by atoms with Gasteiger partial charge in [-0.05, 0) is 55.5 Å². The predicted molar refractivity (Wildman–Crippen MR) is 102 cm³/mol. The Kier molecular flexibility index (Phi) is 4.58. The number of Topliss-reactive ketones (excluding diaryl/α,β-unsaturated/α-hetero) is 1. The van der Waals surface area contributed by atoms with E-state index in [0.717, 1.165) is 18.5 Å². The molecule has 2 aromatic rings. The van der Waals surface area contributed by atoms with E-state index in [0.29, 0.717) is 40.9 Å². The highest BCUT2D eigenvalue weighted by Crippen LogP contribution is 2.35. The number of aromatic amines is 1. The average molecular weight is 382 g/mol. The largest absolute Gasteiger partial charge is 0.481 e. The Morgan fingerprint density at radius 2 is 2.00 bits per heavy atom. The number of carboxylic acid groups (broad SMARTS) is 1. The first kappa shape index (κ1) is 18.2. The fraction of sp³-hybridized carbons (Fsp3) is 0.286. The molecule has 28 heavy (non-hydrogen) atoms. The number of anilines is 1. The van der Waals surface area contributed by atoms with Crippen LogP contribution >= 0.6 is 0 Å². The maximum absolute atomic E-state index is 13.7. The van der Waals surface area contributed by atoms with Crippen LogP contribution in [0.25, 0.3) is 11.6 Å². The molecule has 2 heterocycles. The van der Waals surface area contributed by atoms with Crippen LogP contribution in [-0.2, 0) is 22.4 Å². The number of fused-ring (bicyclic) bond motifs is 2. The molecular weight excluding hydrogens is 363 g/mol. The zero-order valence-corrected chi connectivity index (χ0v) is 15.1. The van der Waals surface area contributed by atoms with Gasteiger partial charge in [-0.1, -0.05) is 0 Å². The number of rotatable bonds is 4. The summed E-state index contributed by atoms with van der Waals surface area (Å²) in [5.74, 6) is -1.78. The molecule has 0 fully saturated rings. The number of carbonyl (C=O) groups is 3. The molecule has 1 amide bonds. The summed E-state index contributed by atoms with van der Waals surface area (Å²) in [6.45, 7) is 0. The number of carboxylic acids is 1. The number of halogens is 1. The van der Waals surface area contributed by atoms with Crippen molar-refractivity contribution in [2.45, 2.75) is 38.5 Å². The Balaban J connectivity index is 1.84. The van der Waals surface area contributed by atoms with Gasteiger partial charge in [-0.25, -0.2) is 4.39 Å². The lowest BCUT2D eigenvalue weighted by Crippen LogP contribution is -2.06. The third kappa shape index (κ3) is 3.24. The van der Waals surface area contributed by atoms with E-state index < -0.39 is 11.8 Å². The van der Waals surface area contributed by atoms with Gasteiger partial charge in [0.1, 0.15) is 5.82 Å². The monoisotopic (exact) mass is 382 g/mol. The van der Waals surface area contributed by atoms with Gasteiger partial charge in [0.2, 0.25) is 0 Å². The number of hydrogen-bond donors (Lipinski definition) is 3. The molecule has 144 valence electrons. The van der Waals surface area contributed by atoms with E-state index in [1.165, 1.54) is 18.2 Å². The van der Waals surface area contributed by atoms with Gasteiger partial charge in [0.15, 0.2) is 5.78 Å². The summed E-state index contributed by atoms with van der Waals surface area (Å²) >= 11 is 0. The van der Waals surface area contributed by atoms with Gasteiger partial charge in [0.05, 0.1) is 5.57 Å². The van der Waals surface area contributed by atoms with E-state index in [2.05, 4.69) is 10.3 Å². The van der Waals surface area contributed by atoms with Crippen LogP contribution in [-0.4, -0.2) is 27.8 Å². The molecule has 0 saturated heterocycles. The summed E-state index contributed by atoms with van der Waals surface area (Å²) in [6, 6.07) is 4.06. The minimum absolute atomic E-state index is 0.00360. The second-order valence-electron chi connectivity index (χ2n) is 7.10. The van der Waals surface area contributed by atoms with Crippen LogP contribution in [0.4, 0.5) is 10.1 Å². The number of ketones is 1. The highest BCUT2D eigenvalue weighted by Gasteiger charge is 2.28. The second kappa shape index (κ2) is 7.07. The molecule has 0 atom stereocenters. The van der Waals surface area contributed by atoms with Crippen LogP contribution in [0.2, 0.25) is 0 Å². The lowest BCUT2D eigenvalue weighted by molar-refractivity contribution is -0.137. The summed E-state index contributed by atoms with van der Waals surface area (Å²) in [5.41, 5.74) is 3.77. The lowest BCUT2D eigenvalue weighted by atomic mass is 9.97. The van der Waals surface area contributed by atoms with Gasteiger partial charge < -0.3 is 15.4 Å². The molecule has 0 radical (unpaired) electrons. The van der Waals surface area contributed by atoms with Crippen molar-refractivity contribution in [1.82, 2.24) is 4.98 Å². The number of aryl methyl sites for hydroxylation is 1. The number of benzene rings is 1. The summed E-state index contributed by atoms with van der Waals surface area (Å²) in [7, 11) is 0. The molecule has 0 bridgehead atoms. The topological polar surface area (TPSA) is 99.3 Å². The Morgan fingerprint density at radius 3 is 2.79 bits per heavy atom. The molecule has 0 unspecified atom stereocenters. The van der Waals surface area contributed by atoms with Crippen molar-refractivity contribution in [3.63, 3.8) is 0 Å². The fourth-order valence-electron chi connectivity index (χ4n) is 3.92. The number of amides is 1. The van der Waals surface area contributed by atoms with Gasteiger partial charge in [-0.15, -0.1) is 0 Å². The molecule has 3 N–H and O–H groups in total. The third-order valence-electron chi connectivity index (χ3n) is 5.22. The van der Waals surface area contributed by atoms with Crippen LogP contribution < -0.4 is 5.32 Å². The van der Waals surface area contributed by atoms with Crippen LogP contribution in [0.3, 0.4) is 0 Å². The van der Waals surface area contributed by atoms with E-state index in [-0.39, 0.29) is 30.1 Å². The highest BCUT2D eigenvalue weighted by molar-refractivity contribution is 6.35. The number of hydrogen-bond acceptors (Lipinski definition) is 3. The molecule has 1 aromatic carbocycles. The molecule has 1 aliphatic carbocycles. The first-order chi connectivity index (χ1) is 13.4. The maximum Gasteiger partial charge on any atom is 0.303 e. The van der Waals surface area contributed by atoms with E-state index in [1.807, 2.05) is 0 Å². The number of H-pyrrole nitrogens is 1. The molecule has 7 heteroatoms. The van der Waals surface area contributed by atoms with Crippen molar-refractivity contribution in [3.05, 3.63) is 52.1 Å². The lowest BCUT2D eigenvalue weighted by Gasteiger charge is -2.04. The number of aliphatic carboxylic acids is 1. The number of nitrogens with one attached hydrogen (secondary N) is 2. The molecule has 1 aromatic heterocycles. The molecule has 2 aliphatic rings. The fourth-order valence-corrected chi connectivity index (χ4v) is 3.92. The Labute approximate surface area is 160 Å². The van der Waals surface area contributed by atoms with Gasteiger partial charge in [0, 0.05) is 41.0 Å². The van der Waals surface area contributed by atoms with Gasteiger partial charge >= 0.3 is 5.97 Å². The van der Waals surface area contributed by atoms with Gasteiger partial charge in [0.25, 0.3) is 5.91 Å².